The first-order valence-corrected chi connectivity index (χ1v) is 24.5. The third-order valence-corrected chi connectivity index (χ3v) is 16.5. The number of piperidine rings is 1. The van der Waals surface area contributed by atoms with Gasteiger partial charge in [-0.05, 0) is 122 Å². The van der Waals surface area contributed by atoms with Crippen LogP contribution >= 0.6 is 0 Å². The first-order chi connectivity index (χ1) is 31.3. The van der Waals surface area contributed by atoms with Crippen molar-refractivity contribution in [1.29, 1.82) is 0 Å². The highest BCUT2D eigenvalue weighted by Crippen LogP contribution is 2.44. The summed E-state index contributed by atoms with van der Waals surface area (Å²) in [6, 6.07) is 13.7. The van der Waals surface area contributed by atoms with Crippen LogP contribution in [0.5, 0.6) is 0 Å². The van der Waals surface area contributed by atoms with Crippen molar-refractivity contribution in [3.63, 3.8) is 0 Å². The SMILES string of the molecule is CC1=CC=CCC1(C)S(=O)(=O)n1ccc2c(-c3ccc4nc(N5CCC(N6C[C@@H](C)N(C(=O)OC(C)(C)C)C[C@@H]6C)CC5)nc(C(CO)(OC5CC5)c5cccc(F)c5)c4c3)c[nH]c(=O)c21. The van der Waals surface area contributed by atoms with Crippen LogP contribution in [0, 0.1) is 5.82 Å². The van der Waals surface area contributed by atoms with Gasteiger partial charge < -0.3 is 29.4 Å². The Morgan fingerprint density at radius 3 is 2.44 bits per heavy atom. The molecule has 3 fully saturated rings. The Kier molecular flexibility index (Phi) is 11.8. The van der Waals surface area contributed by atoms with E-state index in [1.54, 1.807) is 44.3 Å². The number of aromatic nitrogens is 4. The summed E-state index contributed by atoms with van der Waals surface area (Å²) in [4.78, 5) is 46.4. The molecule has 5 aromatic rings. The molecule has 2 aromatic carbocycles. The summed E-state index contributed by atoms with van der Waals surface area (Å²) in [6.07, 6.45) is 11.4. The molecular formula is C50H60FN7O7S. The van der Waals surface area contributed by atoms with E-state index in [1.165, 1.54) is 18.3 Å². The van der Waals surface area contributed by atoms with Gasteiger partial charge in [-0.2, -0.15) is 0 Å². The van der Waals surface area contributed by atoms with Crippen molar-refractivity contribution < 1.29 is 32.2 Å². The molecule has 2 saturated heterocycles. The third-order valence-electron chi connectivity index (χ3n) is 14.0. The molecule has 4 atom stereocenters. The van der Waals surface area contributed by atoms with E-state index >= 15 is 4.39 Å². The number of nitrogens with zero attached hydrogens (tertiary/aromatic N) is 6. The summed E-state index contributed by atoms with van der Waals surface area (Å²) in [7, 11) is -4.11. The van der Waals surface area contributed by atoms with Crippen LogP contribution in [0.25, 0.3) is 32.9 Å². The number of pyridine rings is 1. The lowest BCUT2D eigenvalue weighted by Gasteiger charge is -2.49. The molecule has 1 saturated carbocycles. The van der Waals surface area contributed by atoms with E-state index in [-0.39, 0.29) is 42.3 Å². The predicted molar refractivity (Wildman–Crippen MR) is 254 cm³/mol. The molecule has 4 aliphatic rings. The van der Waals surface area contributed by atoms with Gasteiger partial charge in [0.25, 0.3) is 5.56 Å². The van der Waals surface area contributed by atoms with Gasteiger partial charge in [0.05, 0.1) is 23.9 Å². The standard InChI is InChI=1S/C50H60FN7O7S/c1-31-11-8-9-21-49(31,7)66(62,63)58-24-20-39-41(27-52-45(60)43(39)58)34-14-17-42-40(25-34)44(50(30-59,64-38-15-16-38)35-12-10-13-36(51)26-35)54-46(53-42)55-22-18-37(19-23-55)56-28-33(3)57(29-32(56)2)47(61)65-48(4,5)6/h8-14,17,20,24-27,32-33,37-38,59H,15-16,18-19,21-23,28-30H2,1-7H3,(H,52,60)/t32-,33+,49?,50?/m0/s1. The fourth-order valence-corrected chi connectivity index (χ4v) is 11.8. The van der Waals surface area contributed by atoms with Gasteiger partial charge in [0.1, 0.15) is 21.7 Å². The number of benzene rings is 2. The number of hydrogen-bond acceptors (Lipinski definition) is 11. The van der Waals surface area contributed by atoms with Crippen LogP contribution in [0.15, 0.2) is 89.5 Å². The summed E-state index contributed by atoms with van der Waals surface area (Å²) in [5.74, 6) is -0.0296. The molecule has 1 amide bonds. The monoisotopic (exact) mass is 921 g/mol. The lowest BCUT2D eigenvalue weighted by Crippen LogP contribution is -2.62. The molecule has 350 valence electrons. The first kappa shape index (κ1) is 45.7. The second-order valence-electron chi connectivity index (χ2n) is 19.8. The van der Waals surface area contributed by atoms with Crippen LogP contribution < -0.4 is 10.5 Å². The van der Waals surface area contributed by atoms with Gasteiger partial charge in [0.2, 0.25) is 16.0 Å². The second kappa shape index (κ2) is 17.0. The lowest BCUT2D eigenvalue weighted by atomic mass is 9.87. The topological polar surface area (TPSA) is 163 Å². The summed E-state index contributed by atoms with van der Waals surface area (Å²) in [6.45, 7) is 15.4. The van der Waals surface area contributed by atoms with Crippen LogP contribution in [0.4, 0.5) is 15.1 Å². The highest BCUT2D eigenvalue weighted by atomic mass is 32.2. The summed E-state index contributed by atoms with van der Waals surface area (Å²) in [5.41, 5.74) is 0.509. The van der Waals surface area contributed by atoms with Gasteiger partial charge in [0.15, 0.2) is 5.60 Å². The van der Waals surface area contributed by atoms with Crippen molar-refractivity contribution in [2.45, 2.75) is 121 Å². The molecule has 5 heterocycles. The summed E-state index contributed by atoms with van der Waals surface area (Å²) in [5, 5.41) is 12.5. The van der Waals surface area contributed by atoms with Crippen LogP contribution in [0.2, 0.25) is 0 Å². The molecule has 2 unspecified atom stereocenters. The van der Waals surface area contributed by atoms with Crippen molar-refractivity contribution >= 4 is 43.9 Å². The molecule has 2 aliphatic carbocycles. The van der Waals surface area contributed by atoms with Gasteiger partial charge in [-0.15, -0.1) is 0 Å². The number of rotatable bonds is 10. The number of piperazine rings is 1. The van der Waals surface area contributed by atoms with Crippen LogP contribution in [-0.2, 0) is 25.1 Å². The number of ether oxygens (including phenoxy) is 2. The average molecular weight is 922 g/mol. The lowest BCUT2D eigenvalue weighted by molar-refractivity contribution is -0.0673. The first-order valence-electron chi connectivity index (χ1n) is 23.0. The van der Waals surface area contributed by atoms with E-state index in [1.807, 2.05) is 56.0 Å². The third kappa shape index (κ3) is 8.13. The molecule has 66 heavy (non-hydrogen) atoms. The van der Waals surface area contributed by atoms with E-state index in [4.69, 9.17) is 19.4 Å². The molecule has 16 heteroatoms. The molecule has 0 spiro atoms. The summed E-state index contributed by atoms with van der Waals surface area (Å²) < 4.78 is 56.3. The minimum atomic E-state index is -4.11. The van der Waals surface area contributed by atoms with Crippen LogP contribution in [-0.4, -0.2) is 116 Å². The number of aliphatic hydroxyl groups excluding tert-OH is 1. The van der Waals surface area contributed by atoms with Gasteiger partial charge in [0, 0.05) is 73.0 Å². The minimum Gasteiger partial charge on any atom is -0.444 e. The number of H-pyrrole nitrogens is 1. The van der Waals surface area contributed by atoms with Crippen molar-refractivity contribution in [2.75, 3.05) is 37.7 Å². The molecule has 2 N–H and O–H groups in total. The van der Waals surface area contributed by atoms with Gasteiger partial charge >= 0.3 is 6.09 Å². The number of nitrogens with one attached hydrogen (secondary N) is 1. The Balaban J connectivity index is 1.10. The number of aliphatic hydroxyl groups is 1. The van der Waals surface area contributed by atoms with Gasteiger partial charge in [-0.3, -0.25) is 9.69 Å². The Hall–Kier alpha value is -5.42. The Morgan fingerprint density at radius 1 is 1.00 bits per heavy atom. The zero-order valence-corrected chi connectivity index (χ0v) is 39.6. The van der Waals surface area contributed by atoms with Crippen LogP contribution in [0.3, 0.4) is 0 Å². The number of amides is 1. The Morgan fingerprint density at radius 2 is 1.76 bits per heavy atom. The van der Waals surface area contributed by atoms with Gasteiger partial charge in [-0.25, -0.2) is 31.5 Å². The molecule has 0 radical (unpaired) electrons. The number of carbonyl (C=O) groups is 1. The number of carbonyl (C=O) groups excluding carboxylic acids is 1. The second-order valence-corrected chi connectivity index (χ2v) is 22.0. The zero-order valence-electron chi connectivity index (χ0n) is 38.8. The quantitative estimate of drug-likeness (QED) is 0.142. The normalized spacial score (nSPS) is 23.3. The maximum absolute atomic E-state index is 15.2. The van der Waals surface area contributed by atoms with Crippen LogP contribution in [0.1, 0.15) is 91.8 Å². The highest BCUT2D eigenvalue weighted by molar-refractivity contribution is 7.91. The molecule has 9 rings (SSSR count). The fraction of sp³-hybridized carbons (Fsp3) is 0.480. The molecule has 0 bridgehead atoms. The Bertz CT molecular complexity index is 2930. The maximum atomic E-state index is 15.2. The number of anilines is 1. The van der Waals surface area contributed by atoms with E-state index in [0.29, 0.717) is 69.8 Å². The van der Waals surface area contributed by atoms with Crippen molar-refractivity contribution in [3.8, 4) is 11.1 Å². The van der Waals surface area contributed by atoms with E-state index < -0.39 is 44.0 Å². The molecule has 2 aliphatic heterocycles. The molecular weight excluding hydrogens is 862 g/mol. The largest absolute Gasteiger partial charge is 0.444 e. The van der Waals surface area contributed by atoms with E-state index in [2.05, 4.69) is 28.6 Å². The van der Waals surface area contributed by atoms with E-state index in [9.17, 15) is 23.1 Å². The van der Waals surface area contributed by atoms with Gasteiger partial charge in [-0.1, -0.05) is 42.0 Å². The smallest absolute Gasteiger partial charge is 0.410 e. The number of allylic oxidation sites excluding steroid dienone is 3. The number of halogens is 1. The van der Waals surface area contributed by atoms with E-state index in [0.717, 1.165) is 36.2 Å². The molecule has 14 nitrogen and oxygen atoms in total. The minimum absolute atomic E-state index is 0.00158. The van der Waals surface area contributed by atoms with Crippen molar-refractivity contribution in [1.82, 2.24) is 28.7 Å². The maximum Gasteiger partial charge on any atom is 0.410 e. The number of aromatic amines is 1. The predicted octanol–water partition coefficient (Wildman–Crippen LogP) is 7.64. The Labute approximate surface area is 385 Å². The molecule has 3 aromatic heterocycles. The fourth-order valence-electron chi connectivity index (χ4n) is 9.99. The average Bonchev–Trinajstić information content (AvgIpc) is 3.98. The number of fused-ring (bicyclic) bond motifs is 2. The van der Waals surface area contributed by atoms with Crippen molar-refractivity contribution in [2.24, 2.45) is 0 Å². The zero-order chi connectivity index (χ0) is 46.9. The number of hydrogen-bond donors (Lipinski definition) is 2. The summed E-state index contributed by atoms with van der Waals surface area (Å²) >= 11 is 0. The highest BCUT2D eigenvalue weighted by Gasteiger charge is 2.46. The van der Waals surface area contributed by atoms with Crippen molar-refractivity contribution in [3.05, 3.63) is 112 Å².